The molecular formula is C15H32N2OS. The van der Waals surface area contributed by atoms with Gasteiger partial charge in [0.15, 0.2) is 0 Å². The topological polar surface area (TPSA) is 47.3 Å². The molecule has 1 aliphatic heterocycles. The van der Waals surface area contributed by atoms with E-state index < -0.39 is 0 Å². The lowest BCUT2D eigenvalue weighted by molar-refractivity contribution is 0.0441. The van der Waals surface area contributed by atoms with Gasteiger partial charge >= 0.3 is 0 Å². The average Bonchev–Trinajstić information content (AvgIpc) is 2.47. The van der Waals surface area contributed by atoms with Gasteiger partial charge in [0, 0.05) is 17.5 Å². The zero-order valence-corrected chi connectivity index (χ0v) is 13.4. The van der Waals surface area contributed by atoms with E-state index in [1.54, 1.807) is 0 Å². The van der Waals surface area contributed by atoms with Crippen LogP contribution >= 0.6 is 11.8 Å². The molecular weight excluding hydrogens is 256 g/mol. The maximum atomic E-state index is 5.79. The van der Waals surface area contributed by atoms with Crippen molar-refractivity contribution in [2.24, 2.45) is 5.84 Å². The van der Waals surface area contributed by atoms with E-state index in [4.69, 9.17) is 10.6 Å². The molecule has 2 unspecified atom stereocenters. The molecule has 3 nitrogen and oxygen atoms in total. The summed E-state index contributed by atoms with van der Waals surface area (Å²) in [5.74, 6) is 7.88. The Morgan fingerprint density at radius 2 is 1.84 bits per heavy atom. The van der Waals surface area contributed by atoms with Crippen LogP contribution < -0.4 is 11.3 Å². The zero-order chi connectivity index (χ0) is 13.8. The average molecular weight is 289 g/mol. The van der Waals surface area contributed by atoms with E-state index in [0.29, 0.717) is 12.1 Å². The van der Waals surface area contributed by atoms with Crippen LogP contribution in [0.1, 0.15) is 64.7 Å². The zero-order valence-electron chi connectivity index (χ0n) is 12.5. The first-order valence-corrected chi connectivity index (χ1v) is 9.19. The standard InChI is InChI=1S/C15H32N2OS/c1-2-3-4-5-6-7-8-9-10-14(17-16)15-13-19-12-11-18-15/h14-15,17H,2-13,16H2,1H3. The summed E-state index contributed by atoms with van der Waals surface area (Å²) in [6.45, 7) is 3.15. The summed E-state index contributed by atoms with van der Waals surface area (Å²) in [5.41, 5.74) is 2.95. The Labute approximate surface area is 123 Å². The second-order valence-electron chi connectivity index (χ2n) is 5.52. The molecule has 0 aromatic heterocycles. The van der Waals surface area contributed by atoms with E-state index in [2.05, 4.69) is 12.3 Å². The van der Waals surface area contributed by atoms with Gasteiger partial charge in [-0.05, 0) is 6.42 Å². The van der Waals surface area contributed by atoms with Gasteiger partial charge in [0.25, 0.3) is 0 Å². The van der Waals surface area contributed by atoms with Crippen molar-refractivity contribution in [3.63, 3.8) is 0 Å². The highest BCUT2D eigenvalue weighted by Crippen LogP contribution is 2.19. The Morgan fingerprint density at radius 3 is 2.42 bits per heavy atom. The van der Waals surface area contributed by atoms with Crippen LogP contribution in [0.4, 0.5) is 0 Å². The molecule has 3 N–H and O–H groups in total. The molecule has 19 heavy (non-hydrogen) atoms. The Bertz CT molecular complexity index is 199. The van der Waals surface area contributed by atoms with Crippen molar-refractivity contribution in [3.05, 3.63) is 0 Å². The van der Waals surface area contributed by atoms with Crippen molar-refractivity contribution in [2.45, 2.75) is 76.9 Å². The van der Waals surface area contributed by atoms with Crippen LogP contribution in [-0.4, -0.2) is 30.3 Å². The predicted molar refractivity (Wildman–Crippen MR) is 85.4 cm³/mol. The van der Waals surface area contributed by atoms with Crippen LogP contribution in [0.3, 0.4) is 0 Å². The number of hydrogen-bond acceptors (Lipinski definition) is 4. The highest BCUT2D eigenvalue weighted by Gasteiger charge is 2.23. The molecule has 2 atom stereocenters. The van der Waals surface area contributed by atoms with Crippen molar-refractivity contribution in [3.8, 4) is 0 Å². The Morgan fingerprint density at radius 1 is 1.16 bits per heavy atom. The highest BCUT2D eigenvalue weighted by molar-refractivity contribution is 7.99. The van der Waals surface area contributed by atoms with E-state index in [1.807, 2.05) is 11.8 Å². The summed E-state index contributed by atoms with van der Waals surface area (Å²) < 4.78 is 5.79. The third kappa shape index (κ3) is 8.18. The van der Waals surface area contributed by atoms with Gasteiger partial charge in [0.1, 0.15) is 0 Å². The summed E-state index contributed by atoms with van der Waals surface area (Å²) in [5, 5.41) is 0. The van der Waals surface area contributed by atoms with Crippen molar-refractivity contribution >= 4 is 11.8 Å². The Hall–Kier alpha value is 0.230. The van der Waals surface area contributed by atoms with Crippen molar-refractivity contribution < 1.29 is 4.74 Å². The fraction of sp³-hybridized carbons (Fsp3) is 1.00. The molecule has 0 aromatic carbocycles. The van der Waals surface area contributed by atoms with Crippen LogP contribution in [0.25, 0.3) is 0 Å². The predicted octanol–water partition coefficient (Wildman–Crippen LogP) is 3.48. The van der Waals surface area contributed by atoms with Gasteiger partial charge in [0.2, 0.25) is 0 Å². The largest absolute Gasteiger partial charge is 0.375 e. The molecule has 0 aliphatic carbocycles. The van der Waals surface area contributed by atoms with E-state index >= 15 is 0 Å². The number of hydrazine groups is 1. The van der Waals surface area contributed by atoms with Crippen LogP contribution in [0, 0.1) is 0 Å². The first kappa shape index (κ1) is 17.3. The summed E-state index contributed by atoms with van der Waals surface area (Å²) >= 11 is 1.98. The van der Waals surface area contributed by atoms with Gasteiger partial charge in [-0.15, -0.1) is 0 Å². The molecule has 0 amide bonds. The third-order valence-corrected chi connectivity index (χ3v) is 4.89. The quantitative estimate of drug-likeness (QED) is 0.347. The van der Waals surface area contributed by atoms with Gasteiger partial charge in [-0.3, -0.25) is 11.3 Å². The number of rotatable bonds is 11. The molecule has 0 saturated carbocycles. The molecule has 0 radical (unpaired) electrons. The van der Waals surface area contributed by atoms with Gasteiger partial charge in [0.05, 0.1) is 12.7 Å². The molecule has 4 heteroatoms. The summed E-state index contributed by atoms with van der Waals surface area (Å²) in [6, 6.07) is 0.341. The third-order valence-electron chi connectivity index (χ3n) is 3.87. The molecule has 1 fully saturated rings. The molecule has 1 rings (SSSR count). The summed E-state index contributed by atoms with van der Waals surface area (Å²) in [7, 11) is 0. The van der Waals surface area contributed by atoms with Crippen LogP contribution in [0.2, 0.25) is 0 Å². The molecule has 1 heterocycles. The second kappa shape index (κ2) is 12.0. The number of thioether (sulfide) groups is 1. The smallest absolute Gasteiger partial charge is 0.0832 e. The van der Waals surface area contributed by atoms with Crippen LogP contribution in [0.5, 0.6) is 0 Å². The van der Waals surface area contributed by atoms with Crippen molar-refractivity contribution in [1.29, 1.82) is 0 Å². The fourth-order valence-corrected chi connectivity index (χ4v) is 3.55. The van der Waals surface area contributed by atoms with E-state index in [-0.39, 0.29) is 0 Å². The molecule has 0 aromatic rings. The van der Waals surface area contributed by atoms with Gasteiger partial charge < -0.3 is 4.74 Å². The molecule has 114 valence electrons. The summed E-state index contributed by atoms with van der Waals surface area (Å²) in [6.07, 6.45) is 12.4. The van der Waals surface area contributed by atoms with Gasteiger partial charge in [-0.2, -0.15) is 11.8 Å². The number of nitrogens with two attached hydrogens (primary N) is 1. The van der Waals surface area contributed by atoms with Crippen LogP contribution in [-0.2, 0) is 4.74 Å². The minimum Gasteiger partial charge on any atom is -0.375 e. The lowest BCUT2D eigenvalue weighted by Crippen LogP contribution is -2.47. The number of unbranched alkanes of at least 4 members (excludes halogenated alkanes) is 7. The number of nitrogens with one attached hydrogen (secondary N) is 1. The fourth-order valence-electron chi connectivity index (χ4n) is 2.61. The second-order valence-corrected chi connectivity index (χ2v) is 6.67. The minimum absolute atomic E-state index is 0.313. The van der Waals surface area contributed by atoms with Crippen molar-refractivity contribution in [2.75, 3.05) is 18.1 Å². The molecule has 1 saturated heterocycles. The highest BCUT2D eigenvalue weighted by atomic mass is 32.2. The normalized spacial score (nSPS) is 21.5. The molecule has 1 aliphatic rings. The number of hydrogen-bond donors (Lipinski definition) is 2. The Balaban J connectivity index is 1.96. The Kier molecular flexibility index (Phi) is 10.9. The minimum atomic E-state index is 0.313. The van der Waals surface area contributed by atoms with Crippen LogP contribution in [0.15, 0.2) is 0 Å². The lowest BCUT2D eigenvalue weighted by atomic mass is 10.0. The van der Waals surface area contributed by atoms with Gasteiger partial charge in [-0.1, -0.05) is 58.3 Å². The van der Waals surface area contributed by atoms with E-state index in [9.17, 15) is 0 Å². The molecule has 0 spiro atoms. The summed E-state index contributed by atoms with van der Waals surface area (Å²) in [4.78, 5) is 0. The lowest BCUT2D eigenvalue weighted by Gasteiger charge is -2.29. The first-order chi connectivity index (χ1) is 9.38. The van der Waals surface area contributed by atoms with E-state index in [0.717, 1.165) is 24.5 Å². The first-order valence-electron chi connectivity index (χ1n) is 8.04. The van der Waals surface area contributed by atoms with Gasteiger partial charge in [-0.25, -0.2) is 0 Å². The van der Waals surface area contributed by atoms with E-state index in [1.165, 1.54) is 51.4 Å². The SMILES string of the molecule is CCCCCCCCCCC(NN)C1CSCCO1. The molecule has 0 bridgehead atoms. The maximum absolute atomic E-state index is 5.79. The monoisotopic (exact) mass is 288 g/mol. The maximum Gasteiger partial charge on any atom is 0.0832 e. The number of ether oxygens (including phenoxy) is 1. The van der Waals surface area contributed by atoms with Crippen molar-refractivity contribution in [1.82, 2.24) is 5.43 Å².